The molecule has 14 heteroatoms. The van der Waals surface area contributed by atoms with Crippen LogP contribution in [0.15, 0.2) is 88.8 Å². The first-order valence-corrected chi connectivity index (χ1v) is 17.5. The van der Waals surface area contributed by atoms with E-state index in [1.165, 1.54) is 22.5 Å². The van der Waals surface area contributed by atoms with Crippen molar-refractivity contribution in [3.8, 4) is 23.4 Å². The van der Waals surface area contributed by atoms with Crippen LogP contribution in [0.4, 0.5) is 4.79 Å². The van der Waals surface area contributed by atoms with Gasteiger partial charge in [-0.25, -0.2) is 13.2 Å². The maximum Gasteiger partial charge on any atom is 0.404 e. The van der Waals surface area contributed by atoms with Crippen LogP contribution in [0, 0.1) is 16.9 Å². The Morgan fingerprint density at radius 3 is 2.43 bits per heavy atom. The average Bonchev–Trinajstić information content (AvgIpc) is 3.55. The van der Waals surface area contributed by atoms with Crippen LogP contribution in [-0.2, 0) is 16.4 Å². The highest BCUT2D eigenvalue weighted by Crippen LogP contribution is 2.36. The van der Waals surface area contributed by atoms with E-state index in [0.29, 0.717) is 30.2 Å². The van der Waals surface area contributed by atoms with Crippen molar-refractivity contribution in [3.05, 3.63) is 84.4 Å². The van der Waals surface area contributed by atoms with E-state index in [0.717, 1.165) is 24.8 Å². The predicted molar refractivity (Wildman–Crippen MR) is 183 cm³/mol. The first-order chi connectivity index (χ1) is 23.5. The molecule has 1 aliphatic rings. The van der Waals surface area contributed by atoms with E-state index in [4.69, 9.17) is 19.5 Å². The minimum absolute atomic E-state index is 0.0156. The fraction of sp³-hybridized carbons (Fsp3) is 0.400. The van der Waals surface area contributed by atoms with Crippen molar-refractivity contribution in [3.63, 3.8) is 0 Å². The van der Waals surface area contributed by atoms with E-state index >= 15 is 0 Å². The summed E-state index contributed by atoms with van der Waals surface area (Å²) in [6, 6.07) is 21.6. The van der Waals surface area contributed by atoms with Gasteiger partial charge in [-0.05, 0) is 54.5 Å². The molecule has 1 aliphatic heterocycles. The smallest absolute Gasteiger partial charge is 0.404 e. The zero-order valence-electron chi connectivity index (χ0n) is 27.6. The first-order valence-electron chi connectivity index (χ1n) is 16.0. The molecule has 0 aliphatic carbocycles. The number of nitriles is 1. The Bertz CT molecular complexity index is 1700. The number of carbonyl (C=O) groups is 1. The Kier molecular flexibility index (Phi) is 13.2. The lowest BCUT2D eigenvalue weighted by molar-refractivity contribution is 0.0903. The summed E-state index contributed by atoms with van der Waals surface area (Å²) in [5.74, 6) is 1.30. The van der Waals surface area contributed by atoms with Gasteiger partial charge < -0.3 is 35.1 Å². The maximum atomic E-state index is 14.1. The molecule has 2 atom stereocenters. The minimum atomic E-state index is -4.17. The van der Waals surface area contributed by atoms with Crippen LogP contribution in [-0.4, -0.2) is 73.6 Å². The second-order valence-corrected chi connectivity index (χ2v) is 14.4. The van der Waals surface area contributed by atoms with Crippen LogP contribution < -0.4 is 24.8 Å². The monoisotopic (exact) mass is 693 g/mol. The fourth-order valence-corrected chi connectivity index (χ4v) is 7.14. The van der Waals surface area contributed by atoms with Gasteiger partial charge in [0, 0.05) is 25.7 Å². The number of hydrogen-bond acceptors (Lipinski definition) is 9. The molecule has 0 saturated heterocycles. The van der Waals surface area contributed by atoms with Crippen LogP contribution in [0.5, 0.6) is 17.2 Å². The molecule has 49 heavy (non-hydrogen) atoms. The molecule has 4 N–H and O–H groups in total. The summed E-state index contributed by atoms with van der Waals surface area (Å²) >= 11 is 0. The third-order valence-electron chi connectivity index (χ3n) is 7.96. The van der Waals surface area contributed by atoms with E-state index in [1.54, 1.807) is 18.3 Å². The van der Waals surface area contributed by atoms with Crippen LogP contribution in [0.1, 0.15) is 45.1 Å². The lowest BCUT2D eigenvalue weighted by Crippen LogP contribution is -2.51. The summed E-state index contributed by atoms with van der Waals surface area (Å²) in [6.45, 7) is 4.14. The highest BCUT2D eigenvalue weighted by molar-refractivity contribution is 7.89. The lowest BCUT2D eigenvalue weighted by Gasteiger charge is -2.35. The Hall–Kier alpha value is -4.84. The molecule has 0 bridgehead atoms. The number of nitrogens with zero attached hydrogens (tertiary/aromatic N) is 3. The quantitative estimate of drug-likeness (QED) is 0.0667. The van der Waals surface area contributed by atoms with Gasteiger partial charge >= 0.3 is 12.1 Å². The van der Waals surface area contributed by atoms with Crippen molar-refractivity contribution in [2.45, 2.75) is 63.0 Å². The number of unbranched alkanes of at least 4 members (excludes halogenated alkanes) is 2. The molecule has 0 fully saturated rings. The maximum absolute atomic E-state index is 14.1. The van der Waals surface area contributed by atoms with Gasteiger partial charge in [-0.1, -0.05) is 75.2 Å². The van der Waals surface area contributed by atoms with Gasteiger partial charge in [0.2, 0.25) is 23.0 Å². The molecule has 0 unspecified atom stereocenters. The van der Waals surface area contributed by atoms with E-state index < -0.39 is 33.7 Å². The molecular weight excluding hydrogens is 650 g/mol. The van der Waals surface area contributed by atoms with Crippen molar-refractivity contribution in [2.75, 3.05) is 26.4 Å². The number of para-hydroxylation sites is 1. The highest BCUT2D eigenvalue weighted by Gasteiger charge is 2.35. The molecule has 0 aromatic heterocycles. The number of aliphatic hydroxyl groups excluding tert-OH is 1. The van der Waals surface area contributed by atoms with Crippen LogP contribution in [0.25, 0.3) is 0 Å². The summed E-state index contributed by atoms with van der Waals surface area (Å²) in [5.41, 5.74) is 0.271. The van der Waals surface area contributed by atoms with Gasteiger partial charge in [0.1, 0.15) is 5.75 Å². The fourth-order valence-electron chi connectivity index (χ4n) is 5.48. The van der Waals surface area contributed by atoms with Crippen LogP contribution >= 0.6 is 0 Å². The molecule has 0 spiro atoms. The zero-order chi connectivity index (χ0) is 35.3. The summed E-state index contributed by atoms with van der Waals surface area (Å²) in [5, 5.41) is 35.3. The number of carboxylic acid groups (broad SMARTS) is 1. The van der Waals surface area contributed by atoms with Gasteiger partial charge in [-0.15, -0.1) is 4.99 Å². The molecule has 1 amide bonds. The van der Waals surface area contributed by atoms with Gasteiger partial charge in [0.15, 0.2) is 11.5 Å². The Labute approximate surface area is 287 Å². The molecule has 1 heterocycles. The van der Waals surface area contributed by atoms with Crippen molar-refractivity contribution in [1.82, 2.24) is 14.9 Å². The normalized spacial score (nSPS) is 14.1. The Morgan fingerprint density at radius 1 is 1.04 bits per heavy atom. The second-order valence-electron chi connectivity index (χ2n) is 12.5. The van der Waals surface area contributed by atoms with E-state index in [9.17, 15) is 23.4 Å². The number of benzene rings is 3. The van der Waals surface area contributed by atoms with Crippen molar-refractivity contribution in [2.24, 2.45) is 10.4 Å². The first kappa shape index (κ1) is 37.0. The van der Waals surface area contributed by atoms with Gasteiger partial charge in [0.25, 0.3) is 0 Å². The number of ether oxygens (including phenoxy) is 3. The SMILES string of the molecule is CC(C)(CCCCCNC(=NC#N)Oc1ccccc1)CN(C[C@H](O)[C@H](Cc1ccccc1)NC(=O)O)S(=O)(=O)c1ccc2c(c1)OCO2. The van der Waals surface area contributed by atoms with Crippen LogP contribution in [0.3, 0.4) is 0 Å². The molecule has 0 radical (unpaired) electrons. The molecule has 13 nitrogen and oxygen atoms in total. The molecule has 0 saturated carbocycles. The lowest BCUT2D eigenvalue weighted by atomic mass is 9.86. The summed E-state index contributed by atoms with van der Waals surface area (Å²) in [6.07, 6.45) is 2.22. The Morgan fingerprint density at radius 2 is 1.73 bits per heavy atom. The average molecular weight is 694 g/mol. The third-order valence-corrected chi connectivity index (χ3v) is 9.77. The van der Waals surface area contributed by atoms with E-state index in [2.05, 4.69) is 15.6 Å². The predicted octanol–water partition coefficient (Wildman–Crippen LogP) is 4.74. The topological polar surface area (TPSA) is 183 Å². The summed E-state index contributed by atoms with van der Waals surface area (Å²) in [7, 11) is -4.17. The highest BCUT2D eigenvalue weighted by atomic mass is 32.2. The number of amides is 1. The second kappa shape index (κ2) is 17.5. The van der Waals surface area contributed by atoms with Crippen molar-refractivity contribution < 1.29 is 37.6 Å². The number of aliphatic imine (C=N–C) groups is 1. The number of aliphatic hydroxyl groups is 1. The van der Waals surface area contributed by atoms with E-state index in [1.807, 2.05) is 62.4 Å². The molecule has 3 aromatic carbocycles. The van der Waals surface area contributed by atoms with Crippen molar-refractivity contribution in [1.29, 1.82) is 5.26 Å². The molecular formula is C35H43N5O8S. The number of rotatable bonds is 17. The van der Waals surface area contributed by atoms with E-state index in [-0.39, 0.29) is 37.2 Å². The standard InChI is InChI=1S/C35H43N5O8S/c1-35(2,18-10-5-11-19-37-33(38-24-36)48-27-14-8-4-9-15-27)23-40(49(44,45)28-16-17-31-32(21-28)47-25-46-31)22-30(41)29(39-34(42)43)20-26-12-6-3-7-13-26/h3-4,6-9,12-17,21,29-30,39,41H,5,10-11,18-20,22-23,25H2,1-2H3,(H,37,38)(H,42,43)/t29-,30-/m0/s1. The van der Waals surface area contributed by atoms with Gasteiger partial charge in [-0.2, -0.15) is 9.57 Å². The van der Waals surface area contributed by atoms with Gasteiger partial charge in [0.05, 0.1) is 17.0 Å². The molecule has 3 aromatic rings. The summed E-state index contributed by atoms with van der Waals surface area (Å²) in [4.78, 5) is 15.4. The molecule has 4 rings (SSSR count). The minimum Gasteiger partial charge on any atom is -0.465 e. The number of sulfonamides is 1. The van der Waals surface area contributed by atoms with Gasteiger partial charge in [-0.3, -0.25) is 0 Å². The van der Waals surface area contributed by atoms with Crippen molar-refractivity contribution >= 4 is 22.1 Å². The number of hydrogen-bond donors (Lipinski definition) is 4. The number of fused-ring (bicyclic) bond motifs is 1. The van der Waals surface area contributed by atoms with Crippen LogP contribution in [0.2, 0.25) is 0 Å². The zero-order valence-corrected chi connectivity index (χ0v) is 28.4. The molecule has 262 valence electrons. The Balaban J connectivity index is 1.42. The largest absolute Gasteiger partial charge is 0.465 e. The third kappa shape index (κ3) is 11.4. The number of amidine groups is 1. The summed E-state index contributed by atoms with van der Waals surface area (Å²) < 4.78 is 45.9. The number of nitrogens with one attached hydrogen (secondary N) is 2.